The zero-order valence-corrected chi connectivity index (χ0v) is 21.7. The number of hydrogen-bond donors (Lipinski definition) is 1. The summed E-state index contributed by atoms with van der Waals surface area (Å²) in [6.07, 6.45) is 2.62. The normalized spacial score (nSPS) is 15.8. The van der Waals surface area contributed by atoms with Crippen LogP contribution in [0, 0.1) is 6.92 Å². The van der Waals surface area contributed by atoms with E-state index in [0.29, 0.717) is 23.7 Å². The van der Waals surface area contributed by atoms with Crippen LogP contribution in [0.3, 0.4) is 0 Å². The molecule has 34 heavy (non-hydrogen) atoms. The quantitative estimate of drug-likeness (QED) is 0.381. The monoisotopic (exact) mass is 543 g/mol. The van der Waals surface area contributed by atoms with Crippen molar-refractivity contribution < 1.29 is 24.2 Å². The van der Waals surface area contributed by atoms with E-state index < -0.39 is 5.97 Å². The predicted molar refractivity (Wildman–Crippen MR) is 139 cm³/mol. The van der Waals surface area contributed by atoms with Gasteiger partial charge in [0.15, 0.2) is 0 Å². The molecule has 0 aromatic heterocycles. The first-order chi connectivity index (χ1) is 16.3. The fourth-order valence-corrected chi connectivity index (χ4v) is 4.64. The van der Waals surface area contributed by atoms with Crippen LogP contribution in [-0.4, -0.2) is 28.6 Å². The van der Waals surface area contributed by atoms with Crippen LogP contribution in [0.2, 0.25) is 0 Å². The molecule has 1 aliphatic heterocycles. The van der Waals surface area contributed by atoms with Gasteiger partial charge in [-0.1, -0.05) is 54.6 Å². The van der Waals surface area contributed by atoms with E-state index in [-0.39, 0.29) is 35.3 Å². The maximum atomic E-state index is 12.4. The number of carbonyl (C=O) groups is 2. The van der Waals surface area contributed by atoms with E-state index in [1.807, 2.05) is 56.3 Å². The third-order valence-corrected chi connectivity index (χ3v) is 6.47. The summed E-state index contributed by atoms with van der Waals surface area (Å²) in [4.78, 5) is 28.9. The summed E-state index contributed by atoms with van der Waals surface area (Å²) >= 11 is 4.60. The van der Waals surface area contributed by atoms with Gasteiger partial charge in [-0.05, 0) is 65.5 Å². The Kier molecular flexibility index (Phi) is 9.12. The van der Waals surface area contributed by atoms with Crippen LogP contribution in [-0.2, 0) is 20.9 Å². The number of nitrogens with zero attached hydrogens (tertiary/aromatic N) is 1. The summed E-state index contributed by atoms with van der Waals surface area (Å²) < 4.78 is 11.7. The fourth-order valence-electron chi connectivity index (χ4n) is 3.10. The largest absolute Gasteiger partial charge is 0.506 e. The second-order valence-electron chi connectivity index (χ2n) is 7.58. The van der Waals surface area contributed by atoms with Gasteiger partial charge in [0, 0.05) is 6.42 Å². The van der Waals surface area contributed by atoms with E-state index in [0.717, 1.165) is 27.4 Å². The van der Waals surface area contributed by atoms with Gasteiger partial charge < -0.3 is 14.6 Å². The number of benzene rings is 2. The van der Waals surface area contributed by atoms with Crippen molar-refractivity contribution in [2.24, 2.45) is 4.99 Å². The summed E-state index contributed by atoms with van der Waals surface area (Å²) in [5.41, 5.74) is 2.95. The predicted octanol–water partition coefficient (Wildman–Crippen LogP) is 6.52. The number of halogens is 1. The Morgan fingerprint density at radius 1 is 1.15 bits per heavy atom. The summed E-state index contributed by atoms with van der Waals surface area (Å²) in [5, 5.41) is 10.9. The molecule has 0 fully saturated rings. The van der Waals surface area contributed by atoms with Crippen molar-refractivity contribution in [1.82, 2.24) is 0 Å². The molecule has 1 N–H and O–H groups in total. The fraction of sp³-hybridized carbons (Fsp3) is 0.269. The van der Waals surface area contributed by atoms with E-state index in [1.54, 1.807) is 13.0 Å². The van der Waals surface area contributed by atoms with Gasteiger partial charge in [-0.3, -0.25) is 4.79 Å². The molecular weight excluding hydrogens is 518 g/mol. The zero-order chi connectivity index (χ0) is 24.7. The molecule has 0 atom stereocenters. The van der Waals surface area contributed by atoms with Gasteiger partial charge in [-0.25, -0.2) is 9.79 Å². The molecule has 6 nitrogen and oxygen atoms in total. The number of thioether (sulfide) groups is 1. The molecule has 0 unspecified atom stereocenters. The summed E-state index contributed by atoms with van der Waals surface area (Å²) in [5.74, 6) is -0.623. The number of carbonyl (C=O) groups excluding carboxylic acids is 2. The Balaban J connectivity index is 1.83. The minimum atomic E-state index is -0.708. The average Bonchev–Trinajstić information content (AvgIpc) is 3.09. The molecule has 1 aliphatic rings. The average molecular weight is 544 g/mol. The Bertz CT molecular complexity index is 1170. The molecule has 0 spiro atoms. The van der Waals surface area contributed by atoms with Gasteiger partial charge in [0.2, 0.25) is 5.91 Å². The highest BCUT2D eigenvalue weighted by Gasteiger charge is 2.33. The van der Waals surface area contributed by atoms with Gasteiger partial charge in [-0.15, -0.1) is 0 Å². The molecule has 1 amide bonds. The van der Waals surface area contributed by atoms with Crippen LogP contribution in [0.1, 0.15) is 43.4 Å². The molecule has 8 heteroatoms. The van der Waals surface area contributed by atoms with Crippen LogP contribution in [0.25, 0.3) is 6.08 Å². The Hall–Kier alpha value is -2.84. The molecule has 2 aromatic carbocycles. The lowest BCUT2D eigenvalue weighted by Crippen LogP contribution is -2.14. The van der Waals surface area contributed by atoms with E-state index in [4.69, 9.17) is 9.47 Å². The Morgan fingerprint density at radius 2 is 1.88 bits per heavy atom. The first-order valence-corrected chi connectivity index (χ1v) is 12.5. The van der Waals surface area contributed by atoms with E-state index in [1.165, 1.54) is 5.56 Å². The molecular formula is C26H26BrNO5S. The van der Waals surface area contributed by atoms with Gasteiger partial charge in [0.25, 0.3) is 0 Å². The van der Waals surface area contributed by atoms with Crippen LogP contribution in [0.5, 0.6) is 5.75 Å². The lowest BCUT2D eigenvalue weighted by Gasteiger charge is -2.09. The highest BCUT2D eigenvalue weighted by molar-refractivity contribution is 9.10. The van der Waals surface area contributed by atoms with Crippen molar-refractivity contribution >= 4 is 50.7 Å². The molecule has 2 aromatic rings. The van der Waals surface area contributed by atoms with E-state index >= 15 is 0 Å². The molecule has 0 aliphatic carbocycles. The van der Waals surface area contributed by atoms with Crippen molar-refractivity contribution in [2.45, 2.75) is 40.2 Å². The van der Waals surface area contributed by atoms with Crippen LogP contribution in [0.15, 0.2) is 68.2 Å². The minimum Gasteiger partial charge on any atom is -0.506 e. The van der Waals surface area contributed by atoms with Gasteiger partial charge in [0.1, 0.15) is 28.7 Å². The molecule has 0 bridgehead atoms. The van der Waals surface area contributed by atoms with Gasteiger partial charge in [0.05, 0.1) is 16.0 Å². The lowest BCUT2D eigenvalue weighted by atomic mass is 10.1. The maximum Gasteiger partial charge on any atom is 0.344 e. The van der Waals surface area contributed by atoms with Crippen molar-refractivity contribution in [2.75, 3.05) is 6.61 Å². The molecule has 1 heterocycles. The summed E-state index contributed by atoms with van der Waals surface area (Å²) in [6, 6.07) is 13.7. The van der Waals surface area contributed by atoms with Gasteiger partial charge >= 0.3 is 5.97 Å². The summed E-state index contributed by atoms with van der Waals surface area (Å²) in [7, 11) is 0. The number of aliphatic imine (C=N–C) groups is 1. The number of aliphatic hydroxyl groups is 1. The first-order valence-electron chi connectivity index (χ1n) is 10.9. The SMILES string of the molecule is CCCC(=O)N=C1S/C(=C\c2ccc(OCc3ccc(C)cc3)c(Br)c2)C(O)=C1C(=O)OCC. The van der Waals surface area contributed by atoms with Crippen LogP contribution >= 0.6 is 27.7 Å². The van der Waals surface area contributed by atoms with Crippen molar-refractivity contribution in [1.29, 1.82) is 0 Å². The van der Waals surface area contributed by atoms with Crippen molar-refractivity contribution in [3.63, 3.8) is 0 Å². The molecule has 0 saturated heterocycles. The third-order valence-electron chi connectivity index (χ3n) is 4.83. The molecule has 0 radical (unpaired) electrons. The number of rotatable bonds is 8. The van der Waals surface area contributed by atoms with E-state index in [2.05, 4.69) is 20.9 Å². The summed E-state index contributed by atoms with van der Waals surface area (Å²) in [6.45, 7) is 6.17. The standard InChI is InChI=1S/C26H26BrNO5S/c1-4-6-22(29)28-25-23(26(31)32-5-2)24(30)21(34-25)14-18-11-12-20(19(27)13-18)33-15-17-9-7-16(3)8-10-17/h7-14,30H,4-6,15H2,1-3H3/b21-14-,28-25?. The number of amides is 1. The van der Waals surface area contributed by atoms with Gasteiger partial charge in [-0.2, -0.15) is 0 Å². The zero-order valence-electron chi connectivity index (χ0n) is 19.3. The van der Waals surface area contributed by atoms with Crippen molar-refractivity contribution in [3.8, 4) is 5.75 Å². The smallest absolute Gasteiger partial charge is 0.344 e. The second kappa shape index (κ2) is 12.0. The highest BCUT2D eigenvalue weighted by atomic mass is 79.9. The maximum absolute atomic E-state index is 12.4. The number of aliphatic hydroxyl groups excluding tert-OH is 1. The third kappa shape index (κ3) is 6.61. The number of hydrogen-bond acceptors (Lipinski definition) is 6. The topological polar surface area (TPSA) is 85.2 Å². The molecule has 3 rings (SSSR count). The minimum absolute atomic E-state index is 0.0836. The van der Waals surface area contributed by atoms with Crippen LogP contribution < -0.4 is 4.74 Å². The van der Waals surface area contributed by atoms with Crippen molar-refractivity contribution in [3.05, 3.63) is 79.9 Å². The Morgan fingerprint density at radius 3 is 2.53 bits per heavy atom. The van der Waals surface area contributed by atoms with Crippen LogP contribution in [0.4, 0.5) is 0 Å². The lowest BCUT2D eigenvalue weighted by molar-refractivity contribution is -0.138. The number of ether oxygens (including phenoxy) is 2. The highest BCUT2D eigenvalue weighted by Crippen LogP contribution is 2.40. The first kappa shape index (κ1) is 25.8. The van der Waals surface area contributed by atoms with E-state index in [9.17, 15) is 14.7 Å². The Labute approximate surface area is 211 Å². The second-order valence-corrected chi connectivity index (χ2v) is 9.46. The number of aryl methyl sites for hydroxylation is 1. The number of esters is 1. The molecule has 0 saturated carbocycles. The molecule has 178 valence electrons.